The summed E-state index contributed by atoms with van der Waals surface area (Å²) in [5, 5.41) is 0. The van der Waals surface area contributed by atoms with Gasteiger partial charge in [-0.1, -0.05) is 110 Å². The van der Waals surface area contributed by atoms with Crippen molar-refractivity contribution in [3.05, 3.63) is 0 Å². The first kappa shape index (κ1) is 28.0. The summed E-state index contributed by atoms with van der Waals surface area (Å²) in [6.07, 6.45) is 22.3. The normalized spacial score (nSPS) is 14.4. The van der Waals surface area contributed by atoms with E-state index in [0.29, 0.717) is 13.1 Å². The molecule has 0 saturated heterocycles. The van der Waals surface area contributed by atoms with Crippen molar-refractivity contribution in [3.63, 3.8) is 0 Å². The summed E-state index contributed by atoms with van der Waals surface area (Å²) in [4.78, 5) is 29.0. The Hall–Kier alpha value is 0.0169. The van der Waals surface area contributed by atoms with E-state index in [4.69, 9.17) is 0 Å². The fraction of sp³-hybridized carbons (Fsp3) is 1.00. The molecule has 0 aromatic rings. The standard InChI is InChI=1S/C22H51N2O3Si/c1-4-6-7-8-9-10-11-12-13-14-15-16-17-18-19-20-21-23-24(3,22-5-2)28(25,26)27/h23,25-27H,4-22H2,1-3H3/q+1. The zero-order chi connectivity index (χ0) is 21.1. The predicted molar refractivity (Wildman–Crippen MR) is 121 cm³/mol. The van der Waals surface area contributed by atoms with E-state index in [0.717, 1.165) is 19.3 Å². The molecule has 0 heterocycles. The molecule has 1 unspecified atom stereocenters. The highest BCUT2D eigenvalue weighted by Crippen LogP contribution is 2.14. The van der Waals surface area contributed by atoms with Gasteiger partial charge in [-0.3, -0.25) is 0 Å². The van der Waals surface area contributed by atoms with Crippen molar-refractivity contribution in [2.45, 2.75) is 123 Å². The summed E-state index contributed by atoms with van der Waals surface area (Å²) < 4.78 is -0.206. The van der Waals surface area contributed by atoms with Gasteiger partial charge in [0.1, 0.15) is 0 Å². The average molecular weight is 420 g/mol. The van der Waals surface area contributed by atoms with Gasteiger partial charge in [0.05, 0.1) is 13.6 Å². The smallest absolute Gasteiger partial charge is 0.340 e. The summed E-state index contributed by atoms with van der Waals surface area (Å²) in [5.41, 5.74) is 3.14. The van der Waals surface area contributed by atoms with Crippen LogP contribution in [0, 0.1) is 0 Å². The van der Waals surface area contributed by atoms with Crippen LogP contribution >= 0.6 is 0 Å². The van der Waals surface area contributed by atoms with Crippen LogP contribution in [0.1, 0.15) is 123 Å². The summed E-state index contributed by atoms with van der Waals surface area (Å²) in [7, 11) is -2.55. The summed E-state index contributed by atoms with van der Waals surface area (Å²) >= 11 is 0. The maximum atomic E-state index is 9.66. The lowest BCUT2D eigenvalue weighted by molar-refractivity contribution is -0.883. The van der Waals surface area contributed by atoms with Crippen LogP contribution in [0.4, 0.5) is 0 Å². The van der Waals surface area contributed by atoms with Crippen LogP contribution in [0.5, 0.6) is 0 Å². The molecule has 4 N–H and O–H groups in total. The lowest BCUT2D eigenvalue weighted by Gasteiger charge is -2.37. The Bertz CT molecular complexity index is 340. The molecule has 0 aliphatic heterocycles. The van der Waals surface area contributed by atoms with Crippen LogP contribution in [0.15, 0.2) is 0 Å². The SMILES string of the molecule is CCCCCCCCCCCCCCCCCCN[N+](C)(CCC)[Si](O)(O)O. The Kier molecular flexibility index (Phi) is 17.9. The molecule has 0 aromatic heterocycles. The summed E-state index contributed by atoms with van der Waals surface area (Å²) in [6, 6.07) is 0. The van der Waals surface area contributed by atoms with Gasteiger partial charge in [0.2, 0.25) is 0 Å². The highest BCUT2D eigenvalue weighted by atomic mass is 28.4. The number of hydrogen-bond acceptors (Lipinski definition) is 4. The first-order valence-electron chi connectivity index (χ1n) is 12.1. The summed E-state index contributed by atoms with van der Waals surface area (Å²) in [5.74, 6) is 0. The third-order valence-corrected chi connectivity index (χ3v) is 7.53. The third-order valence-electron chi connectivity index (χ3n) is 5.82. The molecule has 0 amide bonds. The van der Waals surface area contributed by atoms with Gasteiger partial charge >= 0.3 is 8.97 Å². The van der Waals surface area contributed by atoms with Gasteiger partial charge in [-0.2, -0.15) is 5.43 Å². The zero-order valence-corrected chi connectivity index (χ0v) is 20.2. The molecular formula is C22H51N2O3Si+. The average Bonchev–Trinajstić information content (AvgIpc) is 2.63. The number of rotatable bonds is 21. The maximum absolute atomic E-state index is 9.66. The van der Waals surface area contributed by atoms with Crippen molar-refractivity contribution in [2.24, 2.45) is 0 Å². The van der Waals surface area contributed by atoms with Crippen molar-refractivity contribution >= 4 is 8.97 Å². The molecule has 5 nitrogen and oxygen atoms in total. The van der Waals surface area contributed by atoms with E-state index in [1.165, 1.54) is 89.9 Å². The second-order valence-corrected chi connectivity index (χ2v) is 10.9. The van der Waals surface area contributed by atoms with Crippen LogP contribution in [-0.2, 0) is 0 Å². The molecule has 6 heteroatoms. The second-order valence-electron chi connectivity index (χ2n) is 8.73. The molecule has 0 aromatic carbocycles. The molecule has 0 rings (SSSR count). The van der Waals surface area contributed by atoms with Gasteiger partial charge in [0.15, 0.2) is 0 Å². The van der Waals surface area contributed by atoms with E-state index in [1.54, 1.807) is 7.05 Å². The Morgan fingerprint density at radius 1 is 0.571 bits per heavy atom. The van der Waals surface area contributed by atoms with E-state index in [9.17, 15) is 14.4 Å². The maximum Gasteiger partial charge on any atom is 0.795 e. The van der Waals surface area contributed by atoms with Crippen LogP contribution < -0.4 is 5.43 Å². The van der Waals surface area contributed by atoms with Gasteiger partial charge in [-0.25, -0.2) is 4.26 Å². The third kappa shape index (κ3) is 14.9. The molecule has 28 heavy (non-hydrogen) atoms. The van der Waals surface area contributed by atoms with E-state index >= 15 is 0 Å². The minimum Gasteiger partial charge on any atom is -0.340 e. The van der Waals surface area contributed by atoms with Gasteiger partial charge in [-0.15, -0.1) is 0 Å². The van der Waals surface area contributed by atoms with Crippen LogP contribution in [0.25, 0.3) is 0 Å². The highest BCUT2D eigenvalue weighted by molar-refractivity contribution is 6.47. The van der Waals surface area contributed by atoms with Gasteiger partial charge in [0.25, 0.3) is 0 Å². The molecule has 1 atom stereocenters. The molecule has 0 aliphatic carbocycles. The Morgan fingerprint density at radius 3 is 1.25 bits per heavy atom. The van der Waals surface area contributed by atoms with Crippen LogP contribution in [-0.4, -0.2) is 47.7 Å². The van der Waals surface area contributed by atoms with E-state index in [1.807, 2.05) is 6.92 Å². The van der Waals surface area contributed by atoms with Crippen molar-refractivity contribution in [1.29, 1.82) is 0 Å². The fourth-order valence-corrected chi connectivity index (χ4v) is 4.63. The predicted octanol–water partition coefficient (Wildman–Crippen LogP) is 5.02. The second kappa shape index (κ2) is 17.8. The van der Waals surface area contributed by atoms with Gasteiger partial charge < -0.3 is 14.4 Å². The minimum atomic E-state index is -4.22. The lowest BCUT2D eigenvalue weighted by atomic mass is 10.0. The molecule has 0 radical (unpaired) electrons. The zero-order valence-electron chi connectivity index (χ0n) is 19.2. The Morgan fingerprint density at radius 2 is 0.929 bits per heavy atom. The molecule has 0 bridgehead atoms. The molecule has 0 saturated carbocycles. The van der Waals surface area contributed by atoms with E-state index in [-0.39, 0.29) is 4.26 Å². The van der Waals surface area contributed by atoms with E-state index in [2.05, 4.69) is 12.3 Å². The number of nitrogens with zero attached hydrogens (tertiary/aromatic N) is 1. The first-order chi connectivity index (χ1) is 13.4. The minimum absolute atomic E-state index is 0.206. The molecule has 0 aliphatic rings. The van der Waals surface area contributed by atoms with Gasteiger partial charge in [-0.05, 0) is 12.8 Å². The van der Waals surface area contributed by atoms with Crippen molar-refractivity contribution in [2.75, 3.05) is 20.1 Å². The molecular weight excluding hydrogens is 368 g/mol. The van der Waals surface area contributed by atoms with Crippen molar-refractivity contribution in [1.82, 2.24) is 5.43 Å². The lowest BCUT2D eigenvalue weighted by Crippen LogP contribution is -2.73. The van der Waals surface area contributed by atoms with Crippen LogP contribution in [0.3, 0.4) is 0 Å². The van der Waals surface area contributed by atoms with E-state index < -0.39 is 8.97 Å². The van der Waals surface area contributed by atoms with Crippen molar-refractivity contribution in [3.8, 4) is 0 Å². The fourth-order valence-electron chi connectivity index (χ4n) is 3.78. The largest absolute Gasteiger partial charge is 0.795 e. The highest BCUT2D eigenvalue weighted by Gasteiger charge is 2.55. The van der Waals surface area contributed by atoms with Gasteiger partial charge in [0, 0.05) is 6.54 Å². The monoisotopic (exact) mass is 419 g/mol. The van der Waals surface area contributed by atoms with Crippen LogP contribution in [0.2, 0.25) is 0 Å². The quantitative estimate of drug-likeness (QED) is 0.120. The number of quaternary nitrogens is 1. The number of nitrogens with one attached hydrogen (secondary N) is 1. The number of unbranched alkanes of at least 4 members (excludes halogenated alkanes) is 15. The Balaban J connectivity index is 3.38. The van der Waals surface area contributed by atoms with Crippen molar-refractivity contribution < 1.29 is 18.6 Å². The first-order valence-corrected chi connectivity index (χ1v) is 13.9. The molecule has 0 spiro atoms. The molecule has 0 fully saturated rings. The topological polar surface area (TPSA) is 72.7 Å². The number of hydrogen-bond donors (Lipinski definition) is 4. The summed E-state index contributed by atoms with van der Waals surface area (Å²) in [6.45, 7) is 5.49. The Labute approximate surface area is 176 Å². The molecule has 170 valence electrons.